The summed E-state index contributed by atoms with van der Waals surface area (Å²) in [4.78, 5) is 20.7. The third kappa shape index (κ3) is 3.19. The molecule has 0 saturated heterocycles. The number of aromatic nitrogens is 2. The van der Waals surface area contributed by atoms with Crippen LogP contribution >= 0.6 is 27.7 Å². The molecule has 1 aromatic heterocycles. The number of hydrogen-bond acceptors (Lipinski definition) is 3. The van der Waals surface area contributed by atoms with Crippen LogP contribution in [0.25, 0.3) is 10.9 Å². The molecule has 0 amide bonds. The maximum Gasteiger partial charge on any atom is 0.258 e. The molecule has 0 fully saturated rings. The predicted octanol–water partition coefficient (Wildman–Crippen LogP) is 4.54. The molecule has 1 heterocycles. The van der Waals surface area contributed by atoms with Gasteiger partial charge in [0.1, 0.15) is 5.82 Å². The Bertz CT molecular complexity index is 847. The lowest BCUT2D eigenvalue weighted by atomic mass is 10.2. The van der Waals surface area contributed by atoms with Gasteiger partial charge in [0.2, 0.25) is 0 Å². The summed E-state index contributed by atoms with van der Waals surface area (Å²) in [6, 6.07) is 15.5. The number of hydrogen-bond donors (Lipinski definition) is 1. The zero-order valence-electron chi connectivity index (χ0n) is 11.3. The molecule has 1 unspecified atom stereocenters. The van der Waals surface area contributed by atoms with Gasteiger partial charge in [0.15, 0.2) is 0 Å². The number of aromatic amines is 1. The Morgan fingerprint density at radius 3 is 2.81 bits per heavy atom. The molecule has 1 atom stereocenters. The summed E-state index contributed by atoms with van der Waals surface area (Å²) in [7, 11) is 0. The molecule has 3 nitrogen and oxygen atoms in total. The van der Waals surface area contributed by atoms with E-state index in [1.54, 1.807) is 17.8 Å². The van der Waals surface area contributed by atoms with Crippen LogP contribution < -0.4 is 5.56 Å². The van der Waals surface area contributed by atoms with Gasteiger partial charge in [-0.2, -0.15) is 0 Å². The van der Waals surface area contributed by atoms with E-state index in [0.29, 0.717) is 11.2 Å². The van der Waals surface area contributed by atoms with Crippen molar-refractivity contribution in [3.05, 3.63) is 69.2 Å². The van der Waals surface area contributed by atoms with Gasteiger partial charge in [-0.25, -0.2) is 4.98 Å². The van der Waals surface area contributed by atoms with Crippen LogP contribution in [-0.4, -0.2) is 9.97 Å². The van der Waals surface area contributed by atoms with E-state index in [2.05, 4.69) is 32.0 Å². The molecule has 0 bridgehead atoms. The summed E-state index contributed by atoms with van der Waals surface area (Å²) in [5, 5.41) is 0.692. The second kappa shape index (κ2) is 6.03. The Kier molecular flexibility index (Phi) is 4.12. The maximum absolute atomic E-state index is 12.1. The summed E-state index contributed by atoms with van der Waals surface area (Å²) in [5.74, 6) is 0.698. The van der Waals surface area contributed by atoms with Crippen LogP contribution in [0.5, 0.6) is 0 Å². The summed E-state index contributed by atoms with van der Waals surface area (Å²) in [6.07, 6.45) is 0. The lowest BCUT2D eigenvalue weighted by Gasteiger charge is -2.11. The molecule has 3 rings (SSSR count). The summed E-state index contributed by atoms with van der Waals surface area (Å²) in [5.41, 5.74) is 0.648. The van der Waals surface area contributed by atoms with E-state index < -0.39 is 0 Å². The lowest BCUT2D eigenvalue weighted by molar-refractivity contribution is 0.922. The molecule has 2 aromatic carbocycles. The first-order valence-corrected chi connectivity index (χ1v) is 8.22. The summed E-state index contributed by atoms with van der Waals surface area (Å²) >= 11 is 5.13. The van der Waals surface area contributed by atoms with Crippen molar-refractivity contribution in [2.45, 2.75) is 17.1 Å². The SMILES string of the molecule is CC(Sc1cccc(Br)c1)c1nc2ccccc2c(=O)[nH]1. The molecule has 0 spiro atoms. The van der Waals surface area contributed by atoms with Gasteiger partial charge in [-0.05, 0) is 37.3 Å². The van der Waals surface area contributed by atoms with Crippen LogP contribution in [-0.2, 0) is 0 Å². The second-order valence-corrected chi connectivity index (χ2v) is 7.02. The standard InChI is InChI=1S/C16H13BrN2OS/c1-10(21-12-6-4-5-11(17)9-12)15-18-14-8-3-2-7-13(14)16(20)19-15/h2-10H,1H3,(H,18,19,20). The fraction of sp³-hybridized carbons (Fsp3) is 0.125. The number of halogens is 1. The molecular weight excluding hydrogens is 348 g/mol. The van der Waals surface area contributed by atoms with Gasteiger partial charge in [0, 0.05) is 9.37 Å². The molecule has 0 saturated carbocycles. The zero-order chi connectivity index (χ0) is 14.8. The molecule has 21 heavy (non-hydrogen) atoms. The second-order valence-electron chi connectivity index (χ2n) is 4.69. The molecule has 106 valence electrons. The highest BCUT2D eigenvalue weighted by molar-refractivity contribution is 9.10. The van der Waals surface area contributed by atoms with E-state index >= 15 is 0 Å². The van der Waals surface area contributed by atoms with Gasteiger partial charge < -0.3 is 4.98 Å². The average molecular weight is 361 g/mol. The van der Waals surface area contributed by atoms with Gasteiger partial charge in [-0.1, -0.05) is 34.1 Å². The van der Waals surface area contributed by atoms with Crippen LogP contribution in [0.4, 0.5) is 0 Å². The minimum absolute atomic E-state index is 0.0663. The third-order valence-electron chi connectivity index (χ3n) is 3.13. The molecule has 5 heteroatoms. The fourth-order valence-corrected chi connectivity index (χ4v) is 3.63. The van der Waals surface area contributed by atoms with Crippen molar-refractivity contribution in [2.75, 3.05) is 0 Å². The molecule has 0 aliphatic carbocycles. The minimum atomic E-state index is -0.0858. The molecular formula is C16H13BrN2OS. The van der Waals surface area contributed by atoms with Crippen LogP contribution in [0.2, 0.25) is 0 Å². The molecule has 0 aliphatic rings. The number of nitrogens with zero attached hydrogens (tertiary/aromatic N) is 1. The van der Waals surface area contributed by atoms with Gasteiger partial charge in [-0.3, -0.25) is 4.79 Å². The van der Waals surface area contributed by atoms with E-state index in [1.165, 1.54) is 0 Å². The van der Waals surface area contributed by atoms with Crippen LogP contribution in [0.15, 0.2) is 62.7 Å². The highest BCUT2D eigenvalue weighted by atomic mass is 79.9. The fourth-order valence-electron chi connectivity index (χ4n) is 2.10. The number of thioether (sulfide) groups is 1. The van der Waals surface area contributed by atoms with E-state index in [0.717, 1.165) is 14.9 Å². The van der Waals surface area contributed by atoms with E-state index in [4.69, 9.17) is 0 Å². The van der Waals surface area contributed by atoms with Crippen LogP contribution in [0, 0.1) is 0 Å². The first kappa shape index (κ1) is 14.4. The van der Waals surface area contributed by atoms with Gasteiger partial charge in [-0.15, -0.1) is 11.8 Å². The molecule has 0 radical (unpaired) electrons. The minimum Gasteiger partial charge on any atom is -0.309 e. The largest absolute Gasteiger partial charge is 0.309 e. The Balaban J connectivity index is 1.94. The van der Waals surface area contributed by atoms with Crippen molar-refractivity contribution in [1.82, 2.24) is 9.97 Å². The number of nitrogens with one attached hydrogen (secondary N) is 1. The number of para-hydroxylation sites is 1. The van der Waals surface area contributed by atoms with Gasteiger partial charge >= 0.3 is 0 Å². The zero-order valence-corrected chi connectivity index (χ0v) is 13.7. The number of fused-ring (bicyclic) bond motifs is 1. The topological polar surface area (TPSA) is 45.8 Å². The number of rotatable bonds is 3. The smallest absolute Gasteiger partial charge is 0.258 e. The third-order valence-corrected chi connectivity index (χ3v) is 4.72. The van der Waals surface area contributed by atoms with Gasteiger partial charge in [0.25, 0.3) is 5.56 Å². The van der Waals surface area contributed by atoms with Crippen molar-refractivity contribution in [2.24, 2.45) is 0 Å². The van der Waals surface area contributed by atoms with E-state index in [1.807, 2.05) is 43.3 Å². The molecule has 3 aromatic rings. The first-order valence-electron chi connectivity index (χ1n) is 6.54. The Hall–Kier alpha value is -1.59. The Morgan fingerprint density at radius 1 is 1.19 bits per heavy atom. The Labute approximate surface area is 134 Å². The van der Waals surface area contributed by atoms with E-state index in [-0.39, 0.29) is 10.8 Å². The highest BCUT2D eigenvalue weighted by Crippen LogP contribution is 2.34. The van der Waals surface area contributed by atoms with Crippen molar-refractivity contribution < 1.29 is 0 Å². The predicted molar refractivity (Wildman–Crippen MR) is 90.8 cm³/mol. The molecule has 1 N–H and O–H groups in total. The summed E-state index contributed by atoms with van der Waals surface area (Å²) < 4.78 is 1.04. The number of benzene rings is 2. The highest BCUT2D eigenvalue weighted by Gasteiger charge is 2.12. The average Bonchev–Trinajstić information content (AvgIpc) is 2.47. The van der Waals surface area contributed by atoms with Crippen molar-refractivity contribution in [3.63, 3.8) is 0 Å². The monoisotopic (exact) mass is 360 g/mol. The van der Waals surface area contributed by atoms with Crippen LogP contribution in [0.1, 0.15) is 18.0 Å². The number of H-pyrrole nitrogens is 1. The van der Waals surface area contributed by atoms with Gasteiger partial charge in [0.05, 0.1) is 16.2 Å². The Morgan fingerprint density at radius 2 is 2.00 bits per heavy atom. The molecule has 0 aliphatic heterocycles. The lowest BCUT2D eigenvalue weighted by Crippen LogP contribution is -2.12. The normalized spacial score (nSPS) is 12.5. The first-order chi connectivity index (χ1) is 10.1. The van der Waals surface area contributed by atoms with Crippen LogP contribution in [0.3, 0.4) is 0 Å². The van der Waals surface area contributed by atoms with Crippen molar-refractivity contribution >= 4 is 38.6 Å². The summed E-state index contributed by atoms with van der Waals surface area (Å²) in [6.45, 7) is 2.04. The quantitative estimate of drug-likeness (QED) is 0.697. The maximum atomic E-state index is 12.1. The van der Waals surface area contributed by atoms with E-state index in [9.17, 15) is 4.79 Å². The van der Waals surface area contributed by atoms with Crippen molar-refractivity contribution in [1.29, 1.82) is 0 Å². The van der Waals surface area contributed by atoms with Crippen molar-refractivity contribution in [3.8, 4) is 0 Å².